The Kier molecular flexibility index (Phi) is 8.53. The first-order valence-corrected chi connectivity index (χ1v) is 9.76. The molecule has 1 N–H and O–H groups in total. The number of ether oxygens (including phenoxy) is 2. The van der Waals surface area contributed by atoms with Crippen molar-refractivity contribution in [1.82, 2.24) is 0 Å². The average molecular weight is 383 g/mol. The van der Waals surface area contributed by atoms with Crippen molar-refractivity contribution in [2.24, 2.45) is 0 Å². The van der Waals surface area contributed by atoms with Crippen LogP contribution in [0.4, 0.5) is 5.69 Å². The fourth-order valence-electron chi connectivity index (χ4n) is 2.72. The molecule has 2 aromatic rings. The highest BCUT2D eigenvalue weighted by Crippen LogP contribution is 2.19. The molecule has 0 saturated heterocycles. The summed E-state index contributed by atoms with van der Waals surface area (Å²) in [5.74, 6) is 0.368. The molecule has 5 nitrogen and oxygen atoms in total. The number of benzene rings is 2. The van der Waals surface area contributed by atoms with Gasteiger partial charge in [-0.05, 0) is 56.5 Å². The summed E-state index contributed by atoms with van der Waals surface area (Å²) in [6.07, 6.45) is 2.76. The van der Waals surface area contributed by atoms with E-state index in [4.69, 9.17) is 9.47 Å². The topological polar surface area (TPSA) is 64.6 Å². The van der Waals surface area contributed by atoms with Crippen molar-refractivity contribution in [3.8, 4) is 5.75 Å². The van der Waals surface area contributed by atoms with E-state index in [1.165, 1.54) is 5.56 Å². The molecule has 28 heavy (non-hydrogen) atoms. The van der Waals surface area contributed by atoms with Gasteiger partial charge in [0.05, 0.1) is 18.8 Å². The fraction of sp³-hybridized carbons (Fsp3) is 0.391. The van der Waals surface area contributed by atoms with Gasteiger partial charge >= 0.3 is 5.97 Å². The third-order valence-corrected chi connectivity index (χ3v) is 4.25. The zero-order valence-electron chi connectivity index (χ0n) is 16.9. The molecular formula is C23H29NO4. The number of esters is 1. The maximum Gasteiger partial charge on any atom is 0.338 e. The van der Waals surface area contributed by atoms with Crippen LogP contribution >= 0.6 is 0 Å². The second-order valence-corrected chi connectivity index (χ2v) is 6.84. The Morgan fingerprint density at radius 2 is 1.82 bits per heavy atom. The van der Waals surface area contributed by atoms with Gasteiger partial charge in [-0.25, -0.2) is 4.79 Å². The summed E-state index contributed by atoms with van der Waals surface area (Å²) < 4.78 is 10.9. The quantitative estimate of drug-likeness (QED) is 0.460. The maximum atomic E-state index is 12.1. The normalized spacial score (nSPS) is 10.4. The third-order valence-electron chi connectivity index (χ3n) is 4.25. The molecule has 0 heterocycles. The van der Waals surface area contributed by atoms with Gasteiger partial charge in [0.1, 0.15) is 5.75 Å². The predicted molar refractivity (Wildman–Crippen MR) is 111 cm³/mol. The molecule has 150 valence electrons. The van der Waals surface area contributed by atoms with E-state index in [0.29, 0.717) is 37.3 Å². The number of carbonyl (C=O) groups excluding carboxylic acids is 2. The zero-order valence-corrected chi connectivity index (χ0v) is 16.9. The molecule has 1 amide bonds. The highest BCUT2D eigenvalue weighted by atomic mass is 16.5. The van der Waals surface area contributed by atoms with Gasteiger partial charge in [-0.15, -0.1) is 0 Å². The lowest BCUT2D eigenvalue weighted by atomic mass is 10.1. The van der Waals surface area contributed by atoms with Crippen molar-refractivity contribution in [3.63, 3.8) is 0 Å². The Hall–Kier alpha value is -2.82. The third kappa shape index (κ3) is 7.06. The van der Waals surface area contributed by atoms with Gasteiger partial charge in [0, 0.05) is 12.1 Å². The smallest absolute Gasteiger partial charge is 0.338 e. The van der Waals surface area contributed by atoms with E-state index in [0.717, 1.165) is 24.2 Å². The number of nitrogens with one attached hydrogen (secondary N) is 1. The minimum Gasteiger partial charge on any atom is -0.493 e. The van der Waals surface area contributed by atoms with Crippen LogP contribution in [0.15, 0.2) is 42.5 Å². The molecule has 0 unspecified atom stereocenters. The Labute approximate surface area is 167 Å². The van der Waals surface area contributed by atoms with Crippen LogP contribution in [0.3, 0.4) is 0 Å². The molecule has 0 aliphatic carbocycles. The molecule has 0 bridgehead atoms. The van der Waals surface area contributed by atoms with Gasteiger partial charge in [0.2, 0.25) is 5.91 Å². The number of rotatable bonds is 10. The minimum atomic E-state index is -0.369. The number of aryl methyl sites for hydroxylation is 2. The van der Waals surface area contributed by atoms with Crippen LogP contribution in [0.1, 0.15) is 54.1 Å². The molecule has 0 aromatic heterocycles. The van der Waals surface area contributed by atoms with E-state index in [1.54, 1.807) is 24.3 Å². The van der Waals surface area contributed by atoms with Crippen molar-refractivity contribution in [2.75, 3.05) is 18.5 Å². The number of carbonyl (C=O) groups is 2. The first-order valence-electron chi connectivity index (χ1n) is 9.76. The van der Waals surface area contributed by atoms with E-state index in [-0.39, 0.29) is 11.9 Å². The minimum absolute atomic E-state index is 0.110. The van der Waals surface area contributed by atoms with E-state index >= 15 is 0 Å². The highest BCUT2D eigenvalue weighted by molar-refractivity contribution is 5.94. The summed E-state index contributed by atoms with van der Waals surface area (Å²) in [5, 5.41) is 2.82. The van der Waals surface area contributed by atoms with Gasteiger partial charge in [-0.2, -0.15) is 0 Å². The van der Waals surface area contributed by atoms with E-state index in [2.05, 4.69) is 11.4 Å². The Morgan fingerprint density at radius 1 is 1.00 bits per heavy atom. The van der Waals surface area contributed by atoms with Gasteiger partial charge in [-0.1, -0.05) is 37.1 Å². The molecule has 0 radical (unpaired) electrons. The summed E-state index contributed by atoms with van der Waals surface area (Å²) in [7, 11) is 0. The van der Waals surface area contributed by atoms with Crippen molar-refractivity contribution >= 4 is 17.6 Å². The number of hydrogen-bond acceptors (Lipinski definition) is 4. The number of anilines is 1. The van der Waals surface area contributed by atoms with Crippen LogP contribution in [0.25, 0.3) is 0 Å². The predicted octanol–water partition coefficient (Wildman–Crippen LogP) is 5.06. The van der Waals surface area contributed by atoms with Crippen molar-refractivity contribution < 1.29 is 19.1 Å². The van der Waals surface area contributed by atoms with E-state index in [9.17, 15) is 9.59 Å². The van der Waals surface area contributed by atoms with Gasteiger partial charge < -0.3 is 14.8 Å². The Bertz CT molecular complexity index is 801. The molecule has 0 spiro atoms. The highest BCUT2D eigenvalue weighted by Gasteiger charge is 2.09. The van der Waals surface area contributed by atoms with Crippen molar-refractivity contribution in [1.29, 1.82) is 0 Å². The fourth-order valence-corrected chi connectivity index (χ4v) is 2.72. The molecule has 2 aromatic carbocycles. The lowest BCUT2D eigenvalue weighted by molar-refractivity contribution is -0.116. The van der Waals surface area contributed by atoms with Gasteiger partial charge in [-0.3, -0.25) is 4.79 Å². The summed E-state index contributed by atoms with van der Waals surface area (Å²) in [4.78, 5) is 24.1. The SMILES string of the molecule is CCCCOC(=O)c1cccc(NC(=O)CCCOc2ccc(C)cc2C)c1. The van der Waals surface area contributed by atoms with Gasteiger partial charge in [0.15, 0.2) is 0 Å². The van der Waals surface area contributed by atoms with Crippen LogP contribution in [0, 0.1) is 13.8 Å². The largest absolute Gasteiger partial charge is 0.493 e. The molecule has 0 atom stereocenters. The first-order chi connectivity index (χ1) is 13.5. The van der Waals surface area contributed by atoms with Crippen LogP contribution in [-0.2, 0) is 9.53 Å². The molecule has 0 fully saturated rings. The molecule has 0 aliphatic heterocycles. The van der Waals surface area contributed by atoms with Gasteiger partial charge in [0.25, 0.3) is 0 Å². The lowest BCUT2D eigenvalue weighted by Gasteiger charge is -2.10. The molecule has 5 heteroatoms. The summed E-state index contributed by atoms with van der Waals surface area (Å²) in [6, 6.07) is 12.8. The van der Waals surface area contributed by atoms with E-state index < -0.39 is 0 Å². The lowest BCUT2D eigenvalue weighted by Crippen LogP contribution is -2.14. The van der Waals surface area contributed by atoms with Crippen molar-refractivity contribution in [2.45, 2.75) is 46.5 Å². The summed E-state index contributed by atoms with van der Waals surface area (Å²) in [5.41, 5.74) is 3.31. The van der Waals surface area contributed by atoms with Crippen molar-refractivity contribution in [3.05, 3.63) is 59.2 Å². The monoisotopic (exact) mass is 383 g/mol. The first kappa shape index (κ1) is 21.5. The Morgan fingerprint density at radius 3 is 2.57 bits per heavy atom. The second-order valence-electron chi connectivity index (χ2n) is 6.84. The number of hydrogen-bond donors (Lipinski definition) is 1. The zero-order chi connectivity index (χ0) is 20.4. The molecule has 0 saturated carbocycles. The van der Waals surface area contributed by atoms with Crippen LogP contribution in [0.2, 0.25) is 0 Å². The second kappa shape index (κ2) is 11.1. The van der Waals surface area contributed by atoms with Crippen LogP contribution in [-0.4, -0.2) is 25.1 Å². The molecule has 0 aliphatic rings. The Balaban J connectivity index is 1.76. The summed E-state index contributed by atoms with van der Waals surface area (Å²) >= 11 is 0. The summed E-state index contributed by atoms with van der Waals surface area (Å²) in [6.45, 7) is 6.97. The van der Waals surface area contributed by atoms with Crippen LogP contribution < -0.4 is 10.1 Å². The molecule has 2 rings (SSSR count). The molecular weight excluding hydrogens is 354 g/mol. The average Bonchev–Trinajstić information content (AvgIpc) is 2.67. The standard InChI is InChI=1S/C23H29NO4/c1-4-5-13-28-23(26)19-8-6-9-20(16-19)24-22(25)10-7-14-27-21-12-11-17(2)15-18(21)3/h6,8-9,11-12,15-16H,4-5,7,10,13-14H2,1-3H3,(H,24,25). The number of unbranched alkanes of at least 4 members (excludes halogenated alkanes) is 1. The van der Waals surface area contributed by atoms with Crippen LogP contribution in [0.5, 0.6) is 5.75 Å². The van der Waals surface area contributed by atoms with E-state index in [1.807, 2.05) is 32.9 Å². The maximum absolute atomic E-state index is 12.1. The number of amides is 1.